The van der Waals surface area contributed by atoms with E-state index >= 15 is 13.2 Å². The lowest BCUT2D eigenvalue weighted by atomic mass is 9.97. The van der Waals surface area contributed by atoms with E-state index in [1.54, 1.807) is 20.8 Å². The lowest BCUT2D eigenvalue weighted by Gasteiger charge is -2.33. The Kier molecular flexibility index (Phi) is 8.32. The Morgan fingerprint density at radius 1 is 1.02 bits per heavy atom. The standard InChI is InChI=1S/C36H40F4N6O3S/c1-35(2,3)49-34(47)44-33-42-29-22(6-7-24(38)30(29)50-33)26-25(39)13-23-28(27(26)40)41-32(43-31(23)46-14-19-4-5-20(12-19)15-46)48-18-36(9-10-36)17-45-11-8-21(37)16-45/h6-7,13,19-21H,4-5,8-12,14-18H2,1-3H3,(H,42,44,47)/t19?,20?,21-/m1/s1. The van der Waals surface area contributed by atoms with E-state index in [1.807, 2.05) is 0 Å². The van der Waals surface area contributed by atoms with Crippen LogP contribution in [0.3, 0.4) is 0 Å². The lowest BCUT2D eigenvalue weighted by Crippen LogP contribution is -2.37. The molecular formula is C36H40F4N6O3S. The number of likely N-dealkylation sites (tertiary alicyclic amines) is 1. The Morgan fingerprint density at radius 3 is 2.46 bits per heavy atom. The van der Waals surface area contributed by atoms with E-state index in [-0.39, 0.29) is 43.2 Å². The molecule has 2 aliphatic heterocycles. The van der Waals surface area contributed by atoms with Crippen molar-refractivity contribution in [2.24, 2.45) is 17.3 Å². The molecule has 0 radical (unpaired) electrons. The molecule has 0 spiro atoms. The molecule has 9 nitrogen and oxygen atoms in total. The van der Waals surface area contributed by atoms with Crippen molar-refractivity contribution in [3.63, 3.8) is 0 Å². The maximum absolute atomic E-state index is 16.9. The summed E-state index contributed by atoms with van der Waals surface area (Å²) in [5.41, 5.74) is -1.45. The fourth-order valence-electron chi connectivity index (χ4n) is 7.86. The zero-order chi connectivity index (χ0) is 34.9. The fourth-order valence-corrected chi connectivity index (χ4v) is 8.74. The van der Waals surface area contributed by atoms with E-state index in [0.29, 0.717) is 50.3 Å². The van der Waals surface area contributed by atoms with Gasteiger partial charge in [0, 0.05) is 49.1 Å². The quantitative estimate of drug-likeness (QED) is 0.183. The summed E-state index contributed by atoms with van der Waals surface area (Å²) in [6, 6.07) is 3.65. The van der Waals surface area contributed by atoms with Gasteiger partial charge >= 0.3 is 12.1 Å². The van der Waals surface area contributed by atoms with Crippen molar-refractivity contribution in [3.05, 3.63) is 35.7 Å². The zero-order valence-electron chi connectivity index (χ0n) is 28.3. The Morgan fingerprint density at radius 2 is 1.78 bits per heavy atom. The number of halogens is 4. The molecule has 1 N–H and O–H groups in total. The summed E-state index contributed by atoms with van der Waals surface area (Å²) in [5, 5.41) is 2.75. The second kappa shape index (κ2) is 12.5. The van der Waals surface area contributed by atoms with Crippen molar-refractivity contribution in [2.45, 2.75) is 71.1 Å². The summed E-state index contributed by atoms with van der Waals surface area (Å²) < 4.78 is 73.6. The number of ether oxygens (including phenoxy) is 2. The SMILES string of the molecule is CC(C)(C)OC(=O)Nc1nc2c(-c3c(F)cc4c(N5CC6CCC(C6)C5)nc(OCC5(CN6CC[C@@H](F)C6)CC5)nc4c3F)ccc(F)c2s1. The van der Waals surface area contributed by atoms with Gasteiger partial charge in [0.25, 0.3) is 0 Å². The number of aromatic nitrogens is 3. The van der Waals surface area contributed by atoms with Gasteiger partial charge in [-0.2, -0.15) is 9.97 Å². The van der Waals surface area contributed by atoms with Crippen LogP contribution in [0.2, 0.25) is 0 Å². The number of hydrogen-bond donors (Lipinski definition) is 1. The second-order valence-electron chi connectivity index (χ2n) is 15.6. The van der Waals surface area contributed by atoms with Crippen LogP contribution in [0, 0.1) is 34.7 Å². The van der Waals surface area contributed by atoms with Gasteiger partial charge < -0.3 is 14.4 Å². The molecule has 2 unspecified atom stereocenters. The van der Waals surface area contributed by atoms with Crippen molar-refractivity contribution in [1.29, 1.82) is 0 Å². The van der Waals surface area contributed by atoms with Crippen molar-refractivity contribution < 1.29 is 31.8 Å². The maximum Gasteiger partial charge on any atom is 0.413 e. The van der Waals surface area contributed by atoms with Gasteiger partial charge in [0.2, 0.25) is 0 Å². The topological polar surface area (TPSA) is 92.7 Å². The van der Waals surface area contributed by atoms with E-state index < -0.39 is 40.9 Å². The molecule has 3 atom stereocenters. The van der Waals surface area contributed by atoms with Crippen LogP contribution in [0.5, 0.6) is 6.01 Å². The number of anilines is 2. The smallest absolute Gasteiger partial charge is 0.413 e. The number of hydrogen-bond acceptors (Lipinski definition) is 9. The zero-order valence-corrected chi connectivity index (χ0v) is 29.1. The van der Waals surface area contributed by atoms with Crippen LogP contribution in [-0.2, 0) is 4.74 Å². The Hall–Kier alpha value is -3.78. The fraction of sp³-hybridized carbons (Fsp3) is 0.556. The molecule has 2 aromatic carbocycles. The summed E-state index contributed by atoms with van der Waals surface area (Å²) in [6.07, 6.45) is 4.15. The Balaban J connectivity index is 1.18. The van der Waals surface area contributed by atoms with E-state index in [9.17, 15) is 9.18 Å². The van der Waals surface area contributed by atoms with Crippen LogP contribution < -0.4 is 15.0 Å². The predicted octanol–water partition coefficient (Wildman–Crippen LogP) is 8.11. The molecule has 2 saturated carbocycles. The lowest BCUT2D eigenvalue weighted by molar-refractivity contribution is 0.0636. The number of piperidine rings is 1. The van der Waals surface area contributed by atoms with Crippen molar-refractivity contribution in [3.8, 4) is 17.1 Å². The number of carbonyl (C=O) groups excluding carboxylic acids is 1. The molecule has 2 saturated heterocycles. The third kappa shape index (κ3) is 6.56. The van der Waals surface area contributed by atoms with Crippen molar-refractivity contribution >= 4 is 49.5 Å². The highest BCUT2D eigenvalue weighted by atomic mass is 32.1. The van der Waals surface area contributed by atoms with Gasteiger partial charge in [-0.1, -0.05) is 11.3 Å². The summed E-state index contributed by atoms with van der Waals surface area (Å²) in [6.45, 7) is 8.71. The summed E-state index contributed by atoms with van der Waals surface area (Å²) in [7, 11) is 0. The van der Waals surface area contributed by atoms with Gasteiger partial charge in [-0.15, -0.1) is 0 Å². The minimum atomic E-state index is -0.941. The number of carbonyl (C=O) groups is 1. The molecular weight excluding hydrogens is 672 g/mol. The third-order valence-electron chi connectivity index (χ3n) is 10.4. The highest BCUT2D eigenvalue weighted by Gasteiger charge is 2.46. The molecule has 4 heterocycles. The molecule has 2 bridgehead atoms. The first-order valence-corrected chi connectivity index (χ1v) is 18.2. The van der Waals surface area contributed by atoms with E-state index in [1.165, 1.54) is 12.1 Å². The molecule has 14 heteroatoms. The van der Waals surface area contributed by atoms with Crippen molar-refractivity contribution in [2.75, 3.05) is 49.5 Å². The molecule has 266 valence electrons. The Bertz CT molecular complexity index is 1970. The maximum atomic E-state index is 16.9. The summed E-state index contributed by atoms with van der Waals surface area (Å²) in [4.78, 5) is 30.3. The number of alkyl halides is 1. The predicted molar refractivity (Wildman–Crippen MR) is 184 cm³/mol. The highest BCUT2D eigenvalue weighted by molar-refractivity contribution is 7.22. The highest BCUT2D eigenvalue weighted by Crippen LogP contribution is 2.48. The average molecular weight is 713 g/mol. The van der Waals surface area contributed by atoms with E-state index in [2.05, 4.69) is 25.1 Å². The van der Waals surface area contributed by atoms with Crippen molar-refractivity contribution in [1.82, 2.24) is 19.9 Å². The second-order valence-corrected chi connectivity index (χ2v) is 16.6. The van der Waals surface area contributed by atoms with Gasteiger partial charge in [-0.3, -0.25) is 10.2 Å². The van der Waals surface area contributed by atoms with Crippen LogP contribution in [-0.4, -0.2) is 77.0 Å². The van der Waals surface area contributed by atoms with Gasteiger partial charge in [-0.05, 0) is 89.3 Å². The number of benzene rings is 2. The van der Waals surface area contributed by atoms with Crippen LogP contribution in [0.4, 0.5) is 33.3 Å². The largest absolute Gasteiger partial charge is 0.463 e. The monoisotopic (exact) mass is 712 g/mol. The minimum absolute atomic E-state index is 0.000276. The molecule has 2 aromatic heterocycles. The number of thiazole rings is 1. The molecule has 8 rings (SSSR count). The Labute approximate surface area is 291 Å². The third-order valence-corrected chi connectivity index (χ3v) is 11.3. The number of amides is 1. The molecule has 50 heavy (non-hydrogen) atoms. The van der Waals surface area contributed by atoms with Crippen LogP contribution in [0.15, 0.2) is 18.2 Å². The molecule has 2 aliphatic carbocycles. The number of fused-ring (bicyclic) bond motifs is 4. The molecule has 4 aromatic rings. The first-order chi connectivity index (χ1) is 23.8. The first kappa shape index (κ1) is 33.4. The van der Waals surface area contributed by atoms with Gasteiger partial charge in [0.1, 0.15) is 34.7 Å². The first-order valence-electron chi connectivity index (χ1n) is 17.4. The van der Waals surface area contributed by atoms with Gasteiger partial charge in [0.05, 0.1) is 22.4 Å². The number of nitrogens with zero attached hydrogens (tertiary/aromatic N) is 5. The van der Waals surface area contributed by atoms with Crippen LogP contribution >= 0.6 is 11.3 Å². The normalized spacial score (nSPS) is 23.2. The van der Waals surface area contributed by atoms with Gasteiger partial charge in [0.15, 0.2) is 10.9 Å². The number of rotatable bonds is 8. The van der Waals surface area contributed by atoms with Gasteiger partial charge in [-0.25, -0.2) is 27.3 Å². The average Bonchev–Trinajstić information content (AvgIpc) is 3.29. The molecule has 1 amide bonds. The molecule has 4 aliphatic rings. The van der Waals surface area contributed by atoms with E-state index in [0.717, 1.165) is 62.6 Å². The summed E-state index contributed by atoms with van der Waals surface area (Å²) >= 11 is 0.839. The minimum Gasteiger partial charge on any atom is -0.463 e. The van der Waals surface area contributed by atoms with Crippen LogP contribution in [0.25, 0.3) is 32.2 Å². The molecule has 4 fully saturated rings. The summed E-state index contributed by atoms with van der Waals surface area (Å²) in [5.74, 6) is -1.07. The number of nitrogens with one attached hydrogen (secondary N) is 1. The van der Waals surface area contributed by atoms with E-state index in [4.69, 9.17) is 14.5 Å². The van der Waals surface area contributed by atoms with Crippen LogP contribution in [0.1, 0.15) is 59.3 Å².